The van der Waals surface area contributed by atoms with E-state index in [0.29, 0.717) is 94.8 Å². The number of nitrogens with one attached hydrogen (secondary N) is 3. The zero-order chi connectivity index (χ0) is 79.2. The lowest BCUT2D eigenvalue weighted by atomic mass is 9.74. The molecule has 12 amide bonds. The monoisotopic (exact) mass is 1520 g/mol. The number of methoxy groups -OCH3 is 1. The number of carbonyl (C=O) groups is 12. The van der Waals surface area contributed by atoms with Crippen LogP contribution in [0.25, 0.3) is 0 Å². The Labute approximate surface area is 639 Å². The van der Waals surface area contributed by atoms with Crippen LogP contribution in [0.5, 0.6) is 5.75 Å². The second-order valence-corrected chi connectivity index (χ2v) is 31.2. The van der Waals surface area contributed by atoms with Gasteiger partial charge in [-0.15, -0.1) is 0 Å². The van der Waals surface area contributed by atoms with E-state index in [1.54, 1.807) is 24.8 Å². The molecule has 5 fully saturated rings. The molecule has 109 heavy (non-hydrogen) atoms. The quantitative estimate of drug-likeness (QED) is 0.236. The van der Waals surface area contributed by atoms with E-state index in [9.17, 15) is 27.6 Å². The summed E-state index contributed by atoms with van der Waals surface area (Å²) >= 11 is 0. The lowest BCUT2D eigenvalue weighted by Crippen LogP contribution is -2.68. The zero-order valence-corrected chi connectivity index (χ0v) is 65.3. The van der Waals surface area contributed by atoms with Crippen molar-refractivity contribution in [3.8, 4) is 5.75 Å². The molecule has 0 radical (unpaired) electrons. The van der Waals surface area contributed by atoms with Gasteiger partial charge in [-0.3, -0.25) is 57.5 Å². The number of likely N-dealkylation sites (tertiary alicyclic amines) is 1. The summed E-state index contributed by atoms with van der Waals surface area (Å²) in [5.41, 5.74) is -0.719. The van der Waals surface area contributed by atoms with Crippen molar-refractivity contribution < 1.29 is 80.2 Å². The van der Waals surface area contributed by atoms with Crippen LogP contribution in [-0.4, -0.2) is 270 Å². The van der Waals surface area contributed by atoms with Gasteiger partial charge in [0.1, 0.15) is 59.6 Å². The van der Waals surface area contributed by atoms with E-state index >= 15 is 43.2 Å². The molecule has 2 aromatic rings. The Morgan fingerprint density at radius 2 is 1.28 bits per heavy atom. The minimum atomic E-state index is -4.78. The second-order valence-electron chi connectivity index (χ2n) is 31.2. The van der Waals surface area contributed by atoms with Crippen LogP contribution in [0, 0.1) is 11.8 Å². The highest BCUT2D eigenvalue weighted by atomic mass is 19.4. The number of hydrogen-bond donors (Lipinski definition) is 3. The maximum atomic E-state index is 15.9. The summed E-state index contributed by atoms with van der Waals surface area (Å²) < 4.78 is 53.9. The summed E-state index contributed by atoms with van der Waals surface area (Å²) in [4.78, 5) is 196. The van der Waals surface area contributed by atoms with Crippen molar-refractivity contribution in [2.24, 2.45) is 11.8 Å². The number of carbonyl (C=O) groups excluding carboxylic acids is 12. The van der Waals surface area contributed by atoms with Gasteiger partial charge in [-0.05, 0) is 144 Å². The minimum Gasteiger partial charge on any atom is -0.496 e. The van der Waals surface area contributed by atoms with Crippen molar-refractivity contribution in [1.29, 1.82) is 0 Å². The van der Waals surface area contributed by atoms with Gasteiger partial charge in [0.05, 0.1) is 38.3 Å². The Morgan fingerprint density at radius 1 is 0.624 bits per heavy atom. The third-order valence-corrected chi connectivity index (χ3v) is 23.9. The molecule has 8 aliphatic heterocycles. The van der Waals surface area contributed by atoms with E-state index in [4.69, 9.17) is 9.47 Å². The molecule has 26 nitrogen and oxygen atoms in total. The maximum absolute atomic E-state index is 15.9. The first-order chi connectivity index (χ1) is 51.9. The molecule has 6 bridgehead atoms. The molecule has 12 rings (SSSR count). The molecule has 29 heteroatoms. The molecule has 2 saturated carbocycles. The van der Waals surface area contributed by atoms with Gasteiger partial charge in [0.15, 0.2) is 0 Å². The average Bonchev–Trinajstić information content (AvgIpc) is 1.36. The Morgan fingerprint density at radius 3 is 1.93 bits per heavy atom. The van der Waals surface area contributed by atoms with Crippen LogP contribution in [0.4, 0.5) is 13.2 Å². The predicted octanol–water partition coefficient (Wildman–Crippen LogP) is 5.83. The Bertz CT molecular complexity index is 3640. The highest BCUT2D eigenvalue weighted by Gasteiger charge is 2.54. The largest absolute Gasteiger partial charge is 0.496 e. The number of nitrogens with zero attached hydrogens (tertiary/aromatic N) is 9. The number of alkyl halides is 3. The van der Waals surface area contributed by atoms with Gasteiger partial charge >= 0.3 is 6.18 Å². The van der Waals surface area contributed by atoms with Crippen LogP contribution < -0.4 is 20.7 Å². The Kier molecular flexibility index (Phi) is 29.3. The number of likely N-dealkylation sites (N-methyl/N-ethyl adjacent to an activating group) is 6. The first kappa shape index (κ1) is 84.4. The van der Waals surface area contributed by atoms with Gasteiger partial charge in [0.25, 0.3) is 0 Å². The number of halogens is 3. The lowest BCUT2D eigenvalue weighted by molar-refractivity contribution is -0.158. The van der Waals surface area contributed by atoms with Crippen LogP contribution >= 0.6 is 0 Å². The SMILES string of the molecule is CCO[C@@H]1C[C@H]2C(=O)NC3(CCC3)C(=O)N(C)[C@@H](C3CCCC3)C(=O)N(C)[C@H](C(=O)N3CCCCC3)CC(=O)N(C)[C@H]3CCCCCCc4ccc(cc4)C[C@@H](C(=O)N(C)CC(=O)N[C@@H](CCc4ccc(C(F)(F)F)c(OC)c4)C(=O)N2C1)N1CC/C=C\C[C@H](C1=O)N(C)C(=O)CN(C)C(=O)[C@H]([C@@H](C)CC)NC3=O. The second kappa shape index (κ2) is 37.9. The van der Waals surface area contributed by atoms with Crippen molar-refractivity contribution in [1.82, 2.24) is 60.0 Å². The summed E-state index contributed by atoms with van der Waals surface area (Å²) in [7, 11) is 9.76. The summed E-state index contributed by atoms with van der Waals surface area (Å²) in [6.45, 7) is 4.86. The van der Waals surface area contributed by atoms with Crippen LogP contribution in [0.2, 0.25) is 0 Å². The van der Waals surface area contributed by atoms with Crippen molar-refractivity contribution in [3.63, 3.8) is 0 Å². The summed E-state index contributed by atoms with van der Waals surface area (Å²) in [5.74, 6) is -9.32. The van der Waals surface area contributed by atoms with Gasteiger partial charge in [0.2, 0.25) is 70.9 Å². The summed E-state index contributed by atoms with van der Waals surface area (Å²) in [5, 5.41) is 8.84. The van der Waals surface area contributed by atoms with Crippen molar-refractivity contribution in [2.75, 3.05) is 95.3 Å². The molecule has 10 atom stereocenters. The topological polar surface area (TPSA) is 289 Å². The average molecular weight is 1530 g/mol. The minimum absolute atomic E-state index is 0.00152. The molecule has 3 N–H and O–H groups in total. The fraction of sp³-hybridized carbons (Fsp3) is 0.675. The number of hydrogen-bond acceptors (Lipinski definition) is 14. The molecule has 2 aromatic carbocycles. The van der Waals surface area contributed by atoms with Gasteiger partial charge in [-0.2, -0.15) is 13.2 Å². The first-order valence-electron chi connectivity index (χ1n) is 39.4. The molecule has 0 aromatic heterocycles. The molecule has 8 heterocycles. The number of benzene rings is 2. The summed E-state index contributed by atoms with van der Waals surface area (Å²) in [6, 6.07) is 0.494. The highest BCUT2D eigenvalue weighted by Crippen LogP contribution is 2.40. The van der Waals surface area contributed by atoms with E-state index in [0.717, 1.165) is 49.3 Å². The van der Waals surface area contributed by atoms with Crippen molar-refractivity contribution in [3.05, 3.63) is 76.9 Å². The maximum Gasteiger partial charge on any atom is 0.419 e. The van der Waals surface area contributed by atoms with E-state index in [1.165, 1.54) is 88.7 Å². The van der Waals surface area contributed by atoms with Gasteiger partial charge in [0, 0.05) is 87.9 Å². The smallest absolute Gasteiger partial charge is 0.419 e. The number of rotatable bonds is 10. The van der Waals surface area contributed by atoms with Crippen molar-refractivity contribution in [2.45, 2.75) is 241 Å². The molecular weight excluding hydrogens is 1410 g/mol. The standard InChI is InChI=1S/C80H115F3N12O14/c1-11-51(3)68-76(105)88(5)50-67(98)90(7)60-30-19-15-24-43-94(75(60)104)63-44-53-33-31-52(32-34-53)26-17-13-14-18-29-59(70(99)85-68)89(6)66(97)47-62(74(103)93-41-22-16-23-42-93)91(8)77(106)69(55-27-20-21-28-55)92(9)78(107)79(39-25-40-79)86-71(100)61-46-56(109-12-2)48-95(61)72(101)58(84-65(96)49-87(4)73(63)102)38-36-54-35-37-57(80(81,82)83)64(45-54)108-10/h15,19,31-35,37,45,51,55-56,58-63,68-69H,11-14,16-18,20-30,36,38-44,46-50H2,1-10H3,(H,84,96)(H,85,99)(H,86,100)/b19-15-/t51-,56+,58-,59-,60+,61-,62-,63-,68-,69-/m0/s1. The van der Waals surface area contributed by atoms with E-state index in [2.05, 4.69) is 16.0 Å². The van der Waals surface area contributed by atoms with Gasteiger partial charge < -0.3 is 69.5 Å². The Balaban J connectivity index is 1.16. The zero-order valence-electron chi connectivity index (χ0n) is 65.3. The summed E-state index contributed by atoms with van der Waals surface area (Å²) in [6.07, 6.45) is 6.59. The molecule has 2 aliphatic carbocycles. The van der Waals surface area contributed by atoms with Gasteiger partial charge in [-0.25, -0.2) is 0 Å². The van der Waals surface area contributed by atoms with Gasteiger partial charge in [-0.1, -0.05) is 94.9 Å². The first-order valence-corrected chi connectivity index (χ1v) is 39.4. The molecular formula is C80H115F3N12O14. The van der Waals surface area contributed by atoms with Crippen molar-refractivity contribution >= 4 is 70.9 Å². The molecule has 10 aliphatic rings. The molecule has 1 spiro atoms. The van der Waals surface area contributed by atoms with Crippen LogP contribution in [0.1, 0.15) is 178 Å². The molecule has 0 unspecified atom stereocenters. The normalized spacial score (nSPS) is 27.5. The van der Waals surface area contributed by atoms with Crippen LogP contribution in [0.3, 0.4) is 0 Å². The van der Waals surface area contributed by atoms with Crippen LogP contribution in [0.15, 0.2) is 54.6 Å². The van der Waals surface area contributed by atoms with E-state index in [1.807, 2.05) is 37.3 Å². The fourth-order valence-electron chi connectivity index (χ4n) is 16.8. The van der Waals surface area contributed by atoms with E-state index in [-0.39, 0.29) is 71.1 Å². The fourth-order valence-corrected chi connectivity index (χ4v) is 16.8. The number of piperidine rings is 1. The molecule has 600 valence electrons. The number of amides is 12. The highest BCUT2D eigenvalue weighted by molar-refractivity contribution is 6.01. The Hall–Kier alpha value is -8.63. The van der Waals surface area contributed by atoms with Crippen LogP contribution in [-0.2, 0) is 87.7 Å². The third kappa shape index (κ3) is 20.3. The lowest BCUT2D eigenvalue weighted by Gasteiger charge is -2.47. The third-order valence-electron chi connectivity index (χ3n) is 23.9. The number of aryl methyl sites for hydroxylation is 2. The van der Waals surface area contributed by atoms with E-state index < -0.39 is 180 Å². The predicted molar refractivity (Wildman–Crippen MR) is 399 cm³/mol. The number of ether oxygens (including phenoxy) is 2. The molecule has 3 saturated heterocycles.